The second-order valence-corrected chi connectivity index (χ2v) is 3.88. The number of aryl methyl sites for hydroxylation is 1. The molecule has 2 rings (SSSR count). The lowest BCUT2D eigenvalue weighted by Crippen LogP contribution is -2.04. The number of hydrogen-bond donors (Lipinski definition) is 0. The van der Waals surface area contributed by atoms with Gasteiger partial charge in [-0.1, -0.05) is 11.6 Å². The molecule has 1 heterocycles. The van der Waals surface area contributed by atoms with Crippen LogP contribution in [0.2, 0.25) is 5.02 Å². The average molecular weight is 239 g/mol. The number of rotatable bonds is 3. The fourth-order valence-electron chi connectivity index (χ4n) is 1.34. The standard InChI is InChI=1S/C11H11ClN2O2/c1-7-5-9(12)3-4-10(7)16-8(2)11-14-13-6-15-11/h3-6,8H,1-2H3/t8-/m0/s1. The van der Waals surface area contributed by atoms with E-state index in [4.69, 9.17) is 20.8 Å². The lowest BCUT2D eigenvalue weighted by atomic mass is 10.2. The average Bonchev–Trinajstić information content (AvgIpc) is 2.75. The lowest BCUT2D eigenvalue weighted by molar-refractivity contribution is 0.187. The molecule has 0 amide bonds. The van der Waals surface area contributed by atoms with Gasteiger partial charge in [0.05, 0.1) is 0 Å². The van der Waals surface area contributed by atoms with Gasteiger partial charge in [-0.2, -0.15) is 0 Å². The van der Waals surface area contributed by atoms with Crippen LogP contribution < -0.4 is 4.74 Å². The van der Waals surface area contributed by atoms with Gasteiger partial charge in [0.25, 0.3) is 5.89 Å². The van der Waals surface area contributed by atoms with Crippen molar-refractivity contribution in [1.82, 2.24) is 10.2 Å². The van der Waals surface area contributed by atoms with Crippen LogP contribution in [0.3, 0.4) is 0 Å². The minimum Gasteiger partial charge on any atom is -0.481 e. The molecule has 0 bridgehead atoms. The topological polar surface area (TPSA) is 48.2 Å². The van der Waals surface area contributed by atoms with Crippen molar-refractivity contribution in [2.45, 2.75) is 20.0 Å². The maximum absolute atomic E-state index is 5.86. The second kappa shape index (κ2) is 4.53. The van der Waals surface area contributed by atoms with E-state index in [0.29, 0.717) is 10.9 Å². The number of aromatic nitrogens is 2. The summed E-state index contributed by atoms with van der Waals surface area (Å²) in [5.41, 5.74) is 0.971. The van der Waals surface area contributed by atoms with Gasteiger partial charge in [0.15, 0.2) is 6.10 Å². The molecule has 0 N–H and O–H groups in total. The highest BCUT2D eigenvalue weighted by Crippen LogP contribution is 2.26. The molecule has 16 heavy (non-hydrogen) atoms. The molecule has 0 radical (unpaired) electrons. The van der Waals surface area contributed by atoms with E-state index in [1.807, 2.05) is 26.0 Å². The van der Waals surface area contributed by atoms with Crippen LogP contribution in [-0.2, 0) is 0 Å². The quantitative estimate of drug-likeness (QED) is 0.824. The molecule has 1 atom stereocenters. The van der Waals surface area contributed by atoms with Gasteiger partial charge in [0.2, 0.25) is 6.39 Å². The number of hydrogen-bond acceptors (Lipinski definition) is 4. The van der Waals surface area contributed by atoms with Crippen molar-refractivity contribution < 1.29 is 9.15 Å². The molecule has 2 aromatic rings. The van der Waals surface area contributed by atoms with Crippen molar-refractivity contribution in [3.05, 3.63) is 41.1 Å². The zero-order valence-electron chi connectivity index (χ0n) is 8.98. The summed E-state index contributed by atoms with van der Waals surface area (Å²) in [6, 6.07) is 5.45. The summed E-state index contributed by atoms with van der Waals surface area (Å²) < 4.78 is 10.7. The largest absolute Gasteiger partial charge is 0.481 e. The molecule has 84 valence electrons. The summed E-state index contributed by atoms with van der Waals surface area (Å²) in [6.07, 6.45) is 1.01. The van der Waals surface area contributed by atoms with Crippen LogP contribution in [-0.4, -0.2) is 10.2 Å². The molecule has 0 unspecified atom stereocenters. The van der Waals surface area contributed by atoms with Crippen LogP contribution in [0.4, 0.5) is 0 Å². The molecule has 0 fully saturated rings. The van der Waals surface area contributed by atoms with E-state index in [9.17, 15) is 0 Å². The molecule has 1 aromatic carbocycles. The number of halogens is 1. The van der Waals surface area contributed by atoms with Gasteiger partial charge >= 0.3 is 0 Å². The minimum absolute atomic E-state index is 0.276. The van der Waals surface area contributed by atoms with Crippen LogP contribution in [0.1, 0.15) is 24.5 Å². The summed E-state index contributed by atoms with van der Waals surface area (Å²) in [4.78, 5) is 0. The molecule has 0 aliphatic heterocycles. The molecule has 0 aliphatic carbocycles. The van der Waals surface area contributed by atoms with Gasteiger partial charge in [0, 0.05) is 5.02 Å². The van der Waals surface area contributed by atoms with Crippen LogP contribution in [0, 0.1) is 6.92 Å². The van der Waals surface area contributed by atoms with Crippen molar-refractivity contribution in [3.63, 3.8) is 0 Å². The predicted molar refractivity (Wildman–Crippen MR) is 59.5 cm³/mol. The zero-order valence-corrected chi connectivity index (χ0v) is 9.73. The van der Waals surface area contributed by atoms with Gasteiger partial charge in [-0.05, 0) is 37.6 Å². The van der Waals surface area contributed by atoms with E-state index >= 15 is 0 Å². The van der Waals surface area contributed by atoms with E-state index in [2.05, 4.69) is 10.2 Å². The molecule has 1 aromatic heterocycles. The third-order valence-electron chi connectivity index (χ3n) is 2.17. The molecule has 4 nitrogen and oxygen atoms in total. The summed E-state index contributed by atoms with van der Waals surface area (Å²) in [5.74, 6) is 1.21. The second-order valence-electron chi connectivity index (χ2n) is 3.45. The Labute approximate surface area is 98.2 Å². The van der Waals surface area contributed by atoms with Crippen molar-refractivity contribution in [2.75, 3.05) is 0 Å². The third-order valence-corrected chi connectivity index (χ3v) is 2.40. The van der Waals surface area contributed by atoms with Crippen LogP contribution in [0.25, 0.3) is 0 Å². The Hall–Kier alpha value is -1.55. The highest BCUT2D eigenvalue weighted by molar-refractivity contribution is 6.30. The summed E-state index contributed by atoms with van der Waals surface area (Å²) in [5, 5.41) is 8.09. The Balaban J connectivity index is 2.15. The fraction of sp³-hybridized carbons (Fsp3) is 0.273. The summed E-state index contributed by atoms with van der Waals surface area (Å²) in [7, 11) is 0. The molecule has 0 spiro atoms. The molecule has 0 aliphatic rings. The van der Waals surface area contributed by atoms with E-state index < -0.39 is 0 Å². The van der Waals surface area contributed by atoms with Gasteiger partial charge in [-0.15, -0.1) is 10.2 Å². The normalized spacial score (nSPS) is 12.4. The molecular formula is C11H11ClN2O2. The number of benzene rings is 1. The molecule has 5 heteroatoms. The first-order chi connectivity index (χ1) is 7.66. The third kappa shape index (κ3) is 2.33. The van der Waals surface area contributed by atoms with Gasteiger partial charge in [-0.25, -0.2) is 0 Å². The van der Waals surface area contributed by atoms with E-state index in [1.165, 1.54) is 6.39 Å². The SMILES string of the molecule is Cc1cc(Cl)ccc1O[C@@H](C)c1nnco1. The van der Waals surface area contributed by atoms with Crippen LogP contribution in [0.5, 0.6) is 5.75 Å². The molecule has 0 saturated carbocycles. The first-order valence-corrected chi connectivity index (χ1v) is 5.23. The Morgan fingerprint density at radius 1 is 1.44 bits per heavy atom. The lowest BCUT2D eigenvalue weighted by Gasteiger charge is -2.13. The minimum atomic E-state index is -0.276. The van der Waals surface area contributed by atoms with Gasteiger partial charge in [-0.3, -0.25) is 0 Å². The zero-order chi connectivity index (χ0) is 11.5. The van der Waals surface area contributed by atoms with Crippen molar-refractivity contribution in [2.24, 2.45) is 0 Å². The number of ether oxygens (including phenoxy) is 1. The van der Waals surface area contributed by atoms with Crippen molar-refractivity contribution in [1.29, 1.82) is 0 Å². The fourth-order valence-corrected chi connectivity index (χ4v) is 1.57. The smallest absolute Gasteiger partial charge is 0.256 e. The van der Waals surface area contributed by atoms with Crippen LogP contribution >= 0.6 is 11.6 Å². The monoisotopic (exact) mass is 238 g/mol. The Morgan fingerprint density at radius 3 is 2.88 bits per heavy atom. The van der Waals surface area contributed by atoms with Crippen molar-refractivity contribution >= 4 is 11.6 Å². The van der Waals surface area contributed by atoms with Gasteiger partial charge in [0.1, 0.15) is 5.75 Å². The highest BCUT2D eigenvalue weighted by Gasteiger charge is 2.13. The van der Waals surface area contributed by atoms with E-state index in [1.54, 1.807) is 6.07 Å². The first-order valence-electron chi connectivity index (χ1n) is 4.85. The number of nitrogens with zero attached hydrogens (tertiary/aromatic N) is 2. The van der Waals surface area contributed by atoms with Gasteiger partial charge < -0.3 is 9.15 Å². The Kier molecular flexibility index (Phi) is 3.10. The maximum Gasteiger partial charge on any atom is 0.256 e. The summed E-state index contributed by atoms with van der Waals surface area (Å²) in [6.45, 7) is 3.78. The van der Waals surface area contributed by atoms with Crippen LogP contribution in [0.15, 0.2) is 29.0 Å². The maximum atomic E-state index is 5.86. The molecular weight excluding hydrogens is 228 g/mol. The van der Waals surface area contributed by atoms with E-state index in [-0.39, 0.29) is 6.10 Å². The predicted octanol–water partition coefficient (Wildman–Crippen LogP) is 3.17. The Morgan fingerprint density at radius 2 is 2.25 bits per heavy atom. The Bertz CT molecular complexity index is 471. The summed E-state index contributed by atoms with van der Waals surface area (Å²) >= 11 is 5.86. The van der Waals surface area contributed by atoms with Crippen molar-refractivity contribution in [3.8, 4) is 5.75 Å². The molecule has 0 saturated heterocycles. The highest BCUT2D eigenvalue weighted by atomic mass is 35.5. The van der Waals surface area contributed by atoms with E-state index in [0.717, 1.165) is 11.3 Å². The first kappa shape index (κ1) is 11.0.